The first-order chi connectivity index (χ1) is 9.76. The second-order valence-corrected chi connectivity index (χ2v) is 4.95. The van der Waals surface area contributed by atoms with Crippen molar-refractivity contribution in [2.45, 2.75) is 44.6 Å². The summed E-state index contributed by atoms with van der Waals surface area (Å²) in [5, 5.41) is 6.05. The van der Waals surface area contributed by atoms with Gasteiger partial charge in [0.05, 0.1) is 13.2 Å². The first-order valence-electron chi connectivity index (χ1n) is 7.29. The van der Waals surface area contributed by atoms with Crippen LogP contribution in [0.3, 0.4) is 0 Å². The molecule has 0 heterocycles. The molecule has 1 aliphatic rings. The van der Waals surface area contributed by atoms with Gasteiger partial charge in [0.2, 0.25) is 11.9 Å². The number of rotatable bonds is 7. The van der Waals surface area contributed by atoms with Crippen LogP contribution in [0.5, 0.6) is 0 Å². The summed E-state index contributed by atoms with van der Waals surface area (Å²) in [6, 6.07) is 0.439. The molecule has 0 aromatic rings. The lowest BCUT2D eigenvalue weighted by Crippen LogP contribution is -2.47. The zero-order valence-corrected chi connectivity index (χ0v) is 12.3. The normalized spacial score (nSPS) is 16.8. The zero-order chi connectivity index (χ0) is 14.6. The van der Waals surface area contributed by atoms with Gasteiger partial charge in [-0.2, -0.15) is 0 Å². The minimum atomic E-state index is -0.0279. The molecule has 0 spiro atoms. The summed E-state index contributed by atoms with van der Waals surface area (Å²) in [5.74, 6) is 5.99. The molecule has 1 amide bonds. The van der Waals surface area contributed by atoms with Crippen LogP contribution in [0.2, 0.25) is 0 Å². The molecule has 116 valence electrons. The summed E-state index contributed by atoms with van der Waals surface area (Å²) in [6.07, 6.45) is 6.45. The topological polar surface area (TPSA) is 101 Å². The number of hydrazine groups is 1. The fourth-order valence-electron chi connectivity index (χ4n) is 2.22. The summed E-state index contributed by atoms with van der Waals surface area (Å²) in [6.45, 7) is 1.47. The highest BCUT2D eigenvalue weighted by molar-refractivity contribution is 5.80. The van der Waals surface area contributed by atoms with E-state index in [0.717, 1.165) is 12.8 Å². The van der Waals surface area contributed by atoms with E-state index in [1.807, 2.05) is 0 Å². The number of amides is 1. The van der Waals surface area contributed by atoms with Gasteiger partial charge in [0, 0.05) is 26.1 Å². The van der Waals surface area contributed by atoms with Crippen molar-refractivity contribution < 1.29 is 9.53 Å². The Bertz CT molecular complexity index is 303. The number of hydrogen-bond acceptors (Lipinski definition) is 4. The van der Waals surface area contributed by atoms with Gasteiger partial charge in [0.15, 0.2) is 0 Å². The maximum Gasteiger partial charge on any atom is 0.221 e. The molecule has 0 radical (unpaired) electrons. The second kappa shape index (κ2) is 10.4. The summed E-state index contributed by atoms with van der Waals surface area (Å²) >= 11 is 0. The molecule has 0 aromatic carbocycles. The van der Waals surface area contributed by atoms with Gasteiger partial charge in [-0.05, 0) is 12.8 Å². The minimum absolute atomic E-state index is 0.0279. The number of carbonyl (C=O) groups is 1. The lowest BCUT2D eigenvalue weighted by molar-refractivity contribution is -0.121. The predicted molar refractivity (Wildman–Crippen MR) is 79.1 cm³/mol. The molecule has 0 atom stereocenters. The highest BCUT2D eigenvalue weighted by atomic mass is 16.5. The van der Waals surface area contributed by atoms with Crippen molar-refractivity contribution in [2.75, 3.05) is 26.8 Å². The number of nitrogens with one attached hydrogen (secondary N) is 3. The van der Waals surface area contributed by atoms with Crippen LogP contribution < -0.4 is 21.9 Å². The van der Waals surface area contributed by atoms with Gasteiger partial charge in [-0.3, -0.25) is 15.2 Å². The fraction of sp³-hybridized carbons (Fsp3) is 0.846. The average molecular weight is 285 g/mol. The third kappa shape index (κ3) is 7.30. The highest BCUT2D eigenvalue weighted by Gasteiger charge is 2.14. The van der Waals surface area contributed by atoms with Gasteiger partial charge in [-0.15, -0.1) is 0 Å². The molecular formula is C13H27N5O2. The van der Waals surface area contributed by atoms with Crippen LogP contribution in [0.4, 0.5) is 0 Å². The van der Waals surface area contributed by atoms with Crippen LogP contribution in [-0.4, -0.2) is 44.7 Å². The number of carbonyl (C=O) groups excluding carboxylic acids is 1. The van der Waals surface area contributed by atoms with E-state index in [4.69, 9.17) is 10.6 Å². The van der Waals surface area contributed by atoms with Crippen molar-refractivity contribution >= 4 is 11.9 Å². The fourth-order valence-corrected chi connectivity index (χ4v) is 2.22. The Morgan fingerprint density at radius 3 is 2.75 bits per heavy atom. The molecular weight excluding hydrogens is 258 g/mol. The van der Waals surface area contributed by atoms with Crippen molar-refractivity contribution in [3.8, 4) is 0 Å². The average Bonchev–Trinajstić information content (AvgIpc) is 2.47. The molecule has 0 bridgehead atoms. The zero-order valence-electron chi connectivity index (χ0n) is 12.3. The van der Waals surface area contributed by atoms with Crippen LogP contribution in [0.25, 0.3) is 0 Å². The molecule has 20 heavy (non-hydrogen) atoms. The van der Waals surface area contributed by atoms with Crippen LogP contribution in [0, 0.1) is 0 Å². The SMILES string of the molecule is COCCNC(=O)CCN=C(NN)NC1CCCCC1. The van der Waals surface area contributed by atoms with E-state index in [2.05, 4.69) is 21.1 Å². The van der Waals surface area contributed by atoms with E-state index in [0.29, 0.717) is 38.1 Å². The largest absolute Gasteiger partial charge is 0.383 e. The Morgan fingerprint density at radius 1 is 1.35 bits per heavy atom. The monoisotopic (exact) mass is 285 g/mol. The van der Waals surface area contributed by atoms with Gasteiger partial charge < -0.3 is 15.4 Å². The Kier molecular flexibility index (Phi) is 8.73. The third-order valence-corrected chi connectivity index (χ3v) is 3.32. The van der Waals surface area contributed by atoms with Crippen LogP contribution in [0.15, 0.2) is 4.99 Å². The molecule has 1 aliphatic carbocycles. The lowest BCUT2D eigenvalue weighted by Gasteiger charge is -2.24. The van der Waals surface area contributed by atoms with Gasteiger partial charge in [0.25, 0.3) is 0 Å². The van der Waals surface area contributed by atoms with E-state index in [1.165, 1.54) is 19.3 Å². The van der Waals surface area contributed by atoms with Crippen LogP contribution >= 0.6 is 0 Å². The molecule has 0 aliphatic heterocycles. The smallest absolute Gasteiger partial charge is 0.221 e. The van der Waals surface area contributed by atoms with E-state index in [9.17, 15) is 4.79 Å². The molecule has 1 saturated carbocycles. The summed E-state index contributed by atoms with van der Waals surface area (Å²) in [4.78, 5) is 15.8. The molecule has 0 aromatic heterocycles. The third-order valence-electron chi connectivity index (χ3n) is 3.32. The van der Waals surface area contributed by atoms with Gasteiger partial charge in [0.1, 0.15) is 0 Å². The van der Waals surface area contributed by atoms with Crippen molar-refractivity contribution in [3.05, 3.63) is 0 Å². The Balaban J connectivity index is 2.21. The highest BCUT2D eigenvalue weighted by Crippen LogP contribution is 2.17. The number of guanidine groups is 1. The van der Waals surface area contributed by atoms with E-state index in [1.54, 1.807) is 7.11 Å². The van der Waals surface area contributed by atoms with Crippen molar-refractivity contribution in [1.82, 2.24) is 16.1 Å². The maximum atomic E-state index is 11.5. The van der Waals surface area contributed by atoms with Crippen molar-refractivity contribution in [3.63, 3.8) is 0 Å². The first kappa shape index (κ1) is 16.7. The van der Waals surface area contributed by atoms with Gasteiger partial charge in [-0.1, -0.05) is 19.3 Å². The number of methoxy groups -OCH3 is 1. The standard InChI is InChI=1S/C13H27N5O2/c1-20-10-9-15-12(19)7-8-16-13(18-14)17-11-5-3-2-4-6-11/h11H,2-10,14H2,1H3,(H,15,19)(H2,16,17,18). The summed E-state index contributed by atoms with van der Waals surface area (Å²) < 4.78 is 4.86. The molecule has 0 unspecified atom stereocenters. The number of hydrogen-bond donors (Lipinski definition) is 4. The molecule has 1 rings (SSSR count). The summed E-state index contributed by atoms with van der Waals surface area (Å²) in [7, 11) is 1.60. The predicted octanol–water partition coefficient (Wildman–Crippen LogP) is -0.119. The Hall–Kier alpha value is -1.34. The van der Waals surface area contributed by atoms with Gasteiger partial charge in [-0.25, -0.2) is 5.84 Å². The molecule has 7 heteroatoms. The summed E-state index contributed by atoms with van der Waals surface area (Å²) in [5.41, 5.74) is 2.56. The van der Waals surface area contributed by atoms with Gasteiger partial charge >= 0.3 is 0 Å². The molecule has 0 saturated heterocycles. The van der Waals surface area contributed by atoms with E-state index >= 15 is 0 Å². The number of nitrogens with zero attached hydrogens (tertiary/aromatic N) is 1. The number of nitrogens with two attached hydrogens (primary N) is 1. The Morgan fingerprint density at radius 2 is 2.10 bits per heavy atom. The lowest BCUT2D eigenvalue weighted by atomic mass is 9.96. The Labute approximate surface area is 120 Å². The molecule has 5 N–H and O–H groups in total. The minimum Gasteiger partial charge on any atom is -0.383 e. The van der Waals surface area contributed by atoms with Crippen LogP contribution in [0.1, 0.15) is 38.5 Å². The number of ether oxygens (including phenoxy) is 1. The quantitative estimate of drug-likeness (QED) is 0.172. The molecule has 1 fully saturated rings. The number of aliphatic imine (C=N–C) groups is 1. The first-order valence-corrected chi connectivity index (χ1v) is 7.29. The van der Waals surface area contributed by atoms with Crippen LogP contribution in [-0.2, 0) is 9.53 Å². The maximum absolute atomic E-state index is 11.5. The van der Waals surface area contributed by atoms with Crippen molar-refractivity contribution in [1.29, 1.82) is 0 Å². The van der Waals surface area contributed by atoms with Crippen molar-refractivity contribution in [2.24, 2.45) is 10.8 Å². The molecule has 7 nitrogen and oxygen atoms in total. The van der Waals surface area contributed by atoms with E-state index < -0.39 is 0 Å². The van der Waals surface area contributed by atoms with E-state index in [-0.39, 0.29) is 5.91 Å². The second-order valence-electron chi connectivity index (χ2n) is 4.95.